The molecule has 2 rings (SSSR count). The van der Waals surface area contributed by atoms with Gasteiger partial charge in [-0.1, -0.05) is 39.7 Å². The second-order valence-electron chi connectivity index (χ2n) is 4.60. The van der Waals surface area contributed by atoms with Gasteiger partial charge >= 0.3 is 0 Å². The summed E-state index contributed by atoms with van der Waals surface area (Å²) in [6, 6.07) is 12.6. The van der Waals surface area contributed by atoms with Gasteiger partial charge in [0, 0.05) is 16.6 Å². The normalized spacial score (nSPS) is 10.8. The summed E-state index contributed by atoms with van der Waals surface area (Å²) in [6.07, 6.45) is 1.43. The highest BCUT2D eigenvalue weighted by Gasteiger charge is 2.14. The summed E-state index contributed by atoms with van der Waals surface area (Å²) in [6.45, 7) is 0. The molecule has 24 heavy (non-hydrogen) atoms. The highest BCUT2D eigenvalue weighted by atomic mass is 79.9. The van der Waals surface area contributed by atoms with Crippen molar-refractivity contribution in [1.82, 2.24) is 0 Å². The third-order valence-electron chi connectivity index (χ3n) is 2.94. The van der Waals surface area contributed by atoms with Crippen LogP contribution in [0.2, 0.25) is 5.02 Å². The molecule has 0 aliphatic heterocycles. The van der Waals surface area contributed by atoms with Crippen LogP contribution in [-0.4, -0.2) is 10.8 Å². The number of halogens is 2. The molecule has 2 aromatic carbocycles. The molecule has 0 saturated heterocycles. The first kappa shape index (κ1) is 17.7. The fourth-order valence-corrected chi connectivity index (χ4v) is 2.46. The van der Waals surface area contributed by atoms with Crippen molar-refractivity contribution in [3.63, 3.8) is 0 Å². The maximum Gasteiger partial charge on any atom is 0.271 e. The van der Waals surface area contributed by atoms with Crippen molar-refractivity contribution < 1.29 is 9.72 Å². The van der Waals surface area contributed by atoms with Crippen LogP contribution in [0.4, 0.5) is 11.4 Å². The lowest BCUT2D eigenvalue weighted by Gasteiger charge is -2.06. The van der Waals surface area contributed by atoms with Gasteiger partial charge in [0.25, 0.3) is 11.6 Å². The smallest absolute Gasteiger partial charge is 0.271 e. The lowest BCUT2D eigenvalue weighted by Crippen LogP contribution is -2.13. The number of carbonyl (C=O) groups excluding carboxylic acids is 1. The number of benzene rings is 2. The number of rotatable bonds is 4. The topological polar surface area (TPSA) is 96.0 Å². The number of nitro groups is 1. The van der Waals surface area contributed by atoms with Crippen molar-refractivity contribution in [2.24, 2.45) is 0 Å². The lowest BCUT2D eigenvalue weighted by atomic mass is 10.1. The molecule has 0 saturated carbocycles. The highest BCUT2D eigenvalue weighted by Crippen LogP contribution is 2.27. The van der Waals surface area contributed by atoms with Gasteiger partial charge in [0.15, 0.2) is 0 Å². The monoisotopic (exact) mass is 405 g/mol. The number of anilines is 1. The average molecular weight is 407 g/mol. The molecule has 0 aliphatic carbocycles. The van der Waals surface area contributed by atoms with Crippen molar-refractivity contribution in [3.8, 4) is 6.07 Å². The van der Waals surface area contributed by atoms with Crippen molar-refractivity contribution in [1.29, 1.82) is 5.26 Å². The zero-order chi connectivity index (χ0) is 17.7. The largest absolute Gasteiger partial charge is 0.320 e. The molecule has 0 radical (unpaired) electrons. The zero-order valence-electron chi connectivity index (χ0n) is 12.0. The Morgan fingerprint density at radius 3 is 2.67 bits per heavy atom. The minimum atomic E-state index is -0.659. The van der Waals surface area contributed by atoms with E-state index in [1.54, 1.807) is 18.2 Å². The molecule has 1 N–H and O–H groups in total. The molecular weight excluding hydrogens is 398 g/mol. The van der Waals surface area contributed by atoms with Crippen LogP contribution in [0, 0.1) is 21.4 Å². The van der Waals surface area contributed by atoms with Crippen LogP contribution < -0.4 is 5.32 Å². The third-order valence-corrected chi connectivity index (χ3v) is 3.74. The maximum absolute atomic E-state index is 12.2. The van der Waals surface area contributed by atoms with E-state index in [2.05, 4.69) is 21.2 Å². The second kappa shape index (κ2) is 7.73. The first-order chi connectivity index (χ1) is 11.4. The molecule has 120 valence electrons. The molecule has 0 fully saturated rings. The molecule has 0 bridgehead atoms. The molecule has 0 atom stereocenters. The molecule has 6 nitrogen and oxygen atoms in total. The quantitative estimate of drug-likeness (QED) is 0.348. The average Bonchev–Trinajstić information content (AvgIpc) is 2.54. The maximum atomic E-state index is 12.2. The van der Waals surface area contributed by atoms with Gasteiger partial charge in [0.1, 0.15) is 11.6 Å². The Kier molecular flexibility index (Phi) is 5.68. The van der Waals surface area contributed by atoms with Gasteiger partial charge in [-0.05, 0) is 29.8 Å². The summed E-state index contributed by atoms with van der Waals surface area (Å²) in [5.74, 6) is -0.659. The van der Waals surface area contributed by atoms with Crippen molar-refractivity contribution in [2.75, 3.05) is 5.32 Å². The van der Waals surface area contributed by atoms with E-state index >= 15 is 0 Å². The number of non-ortho nitro benzene ring substituents is 1. The Hall–Kier alpha value is -2.69. The Labute approximate surface area is 150 Å². The Bertz CT molecular complexity index is 890. The molecule has 8 heteroatoms. The van der Waals surface area contributed by atoms with Crippen LogP contribution in [0.3, 0.4) is 0 Å². The number of nitriles is 1. The molecular formula is C16H9BrClN3O3. The van der Waals surface area contributed by atoms with E-state index in [0.29, 0.717) is 5.56 Å². The summed E-state index contributed by atoms with van der Waals surface area (Å²) < 4.78 is 0.812. The van der Waals surface area contributed by atoms with E-state index < -0.39 is 10.8 Å². The minimum absolute atomic E-state index is 0.0114. The summed E-state index contributed by atoms with van der Waals surface area (Å²) in [5.41, 5.74) is 0.541. The second-order valence-corrected chi connectivity index (χ2v) is 5.92. The van der Waals surface area contributed by atoms with Crippen LogP contribution in [0.5, 0.6) is 0 Å². The van der Waals surface area contributed by atoms with Gasteiger partial charge in [-0.2, -0.15) is 5.26 Å². The number of hydrogen-bond acceptors (Lipinski definition) is 4. The van der Waals surface area contributed by atoms with E-state index in [4.69, 9.17) is 11.6 Å². The fraction of sp³-hybridized carbons (Fsp3) is 0. The standard InChI is InChI=1S/C16H9BrClN3O3/c17-12-3-1-2-10(7-12)6-11(9-19)16(22)20-15-5-4-13(21(23)24)8-14(15)18/h1-8H,(H,20,22)/b11-6+. The van der Waals surface area contributed by atoms with Crippen LogP contribution >= 0.6 is 27.5 Å². The van der Waals surface area contributed by atoms with Crippen molar-refractivity contribution in [2.45, 2.75) is 0 Å². The van der Waals surface area contributed by atoms with Gasteiger partial charge in [0.2, 0.25) is 0 Å². The molecule has 1 amide bonds. The summed E-state index contributed by atoms with van der Waals surface area (Å²) in [7, 11) is 0. The van der Waals surface area contributed by atoms with Crippen LogP contribution in [0.15, 0.2) is 52.5 Å². The minimum Gasteiger partial charge on any atom is -0.320 e. The first-order valence-corrected chi connectivity index (χ1v) is 7.70. The summed E-state index contributed by atoms with van der Waals surface area (Å²) >= 11 is 9.23. The van der Waals surface area contributed by atoms with E-state index in [-0.39, 0.29) is 22.0 Å². The van der Waals surface area contributed by atoms with Crippen LogP contribution in [0.25, 0.3) is 6.08 Å². The van der Waals surface area contributed by atoms with Gasteiger partial charge in [0.05, 0.1) is 15.6 Å². The van der Waals surface area contributed by atoms with E-state index in [0.717, 1.165) is 10.5 Å². The number of hydrogen-bond donors (Lipinski definition) is 1. The van der Waals surface area contributed by atoms with Gasteiger partial charge in [-0.3, -0.25) is 14.9 Å². The highest BCUT2D eigenvalue weighted by molar-refractivity contribution is 9.10. The zero-order valence-corrected chi connectivity index (χ0v) is 14.3. The molecule has 0 heterocycles. The predicted octanol–water partition coefficient (Wildman–Crippen LogP) is 4.56. The van der Waals surface area contributed by atoms with Crippen molar-refractivity contribution in [3.05, 3.63) is 73.2 Å². The van der Waals surface area contributed by atoms with E-state index in [9.17, 15) is 20.2 Å². The number of amides is 1. The van der Waals surface area contributed by atoms with Gasteiger partial charge in [-0.15, -0.1) is 0 Å². The summed E-state index contributed by atoms with van der Waals surface area (Å²) in [5, 5.41) is 22.3. The molecule has 0 aromatic heterocycles. The number of nitrogens with one attached hydrogen (secondary N) is 1. The molecule has 0 aliphatic rings. The van der Waals surface area contributed by atoms with Crippen molar-refractivity contribution >= 4 is 50.9 Å². The summed E-state index contributed by atoms with van der Waals surface area (Å²) in [4.78, 5) is 22.3. The SMILES string of the molecule is N#C/C(=C\c1cccc(Br)c1)C(=O)Nc1ccc([N+](=O)[O-])cc1Cl. The van der Waals surface area contributed by atoms with Gasteiger partial charge in [-0.25, -0.2) is 0 Å². The molecule has 2 aromatic rings. The van der Waals surface area contributed by atoms with Crippen LogP contribution in [0.1, 0.15) is 5.56 Å². The first-order valence-electron chi connectivity index (χ1n) is 6.53. The van der Waals surface area contributed by atoms with E-state index in [1.807, 2.05) is 12.1 Å². The lowest BCUT2D eigenvalue weighted by molar-refractivity contribution is -0.384. The number of nitro benzene ring substituents is 1. The number of nitrogens with zero attached hydrogens (tertiary/aromatic N) is 2. The Balaban J connectivity index is 2.24. The third kappa shape index (κ3) is 4.41. The molecule has 0 unspecified atom stereocenters. The fourth-order valence-electron chi connectivity index (χ4n) is 1.82. The molecule has 0 spiro atoms. The Morgan fingerprint density at radius 2 is 2.08 bits per heavy atom. The van der Waals surface area contributed by atoms with Gasteiger partial charge < -0.3 is 5.32 Å². The van der Waals surface area contributed by atoms with E-state index in [1.165, 1.54) is 18.2 Å². The predicted molar refractivity (Wildman–Crippen MR) is 94.5 cm³/mol. The number of carbonyl (C=O) groups is 1. The van der Waals surface area contributed by atoms with Crippen LogP contribution in [-0.2, 0) is 4.79 Å². The Morgan fingerprint density at radius 1 is 1.33 bits per heavy atom.